The molecule has 8 N–H and O–H groups in total. The number of carboxylic acids is 1. The zero-order valence-electron chi connectivity index (χ0n) is 12.2. The van der Waals surface area contributed by atoms with Gasteiger partial charge in [0.2, 0.25) is 0 Å². The maximum absolute atomic E-state index is 11.0. The summed E-state index contributed by atoms with van der Waals surface area (Å²) in [6.45, 7) is -0.982. The van der Waals surface area contributed by atoms with Gasteiger partial charge in [0.1, 0.15) is 42.7 Å². The first-order valence-electron chi connectivity index (χ1n) is 6.84. The van der Waals surface area contributed by atoms with Gasteiger partial charge < -0.3 is 55.1 Å². The number of rotatable bonds is 8. The molecule has 12 heteroatoms. The summed E-state index contributed by atoms with van der Waals surface area (Å²) in [7, 11) is 0. The van der Waals surface area contributed by atoms with Crippen LogP contribution in [-0.4, -0.2) is 115 Å². The van der Waals surface area contributed by atoms with E-state index < -0.39 is 67.7 Å². The fourth-order valence-electron chi connectivity index (χ4n) is 2.10. The predicted octanol–water partition coefficient (Wildman–Crippen LogP) is -5.46. The summed E-state index contributed by atoms with van der Waals surface area (Å²) in [5.74, 6) is -1.69. The van der Waals surface area contributed by atoms with Crippen molar-refractivity contribution >= 4 is 12.3 Å². The van der Waals surface area contributed by atoms with E-state index in [0.29, 0.717) is 0 Å². The summed E-state index contributed by atoms with van der Waals surface area (Å²) >= 11 is 0. The summed E-state index contributed by atoms with van der Waals surface area (Å²) in [4.78, 5) is 21.5. The first kappa shape index (κ1) is 20.8. The lowest BCUT2D eigenvalue weighted by molar-refractivity contribution is -0.320. The lowest BCUT2D eigenvalue weighted by Crippen LogP contribution is -2.62. The van der Waals surface area contributed by atoms with Gasteiger partial charge in [0.25, 0.3) is 0 Å². The van der Waals surface area contributed by atoms with Crippen LogP contribution >= 0.6 is 0 Å². The summed E-state index contributed by atoms with van der Waals surface area (Å²) in [5, 5.41) is 75.4. The van der Waals surface area contributed by atoms with Crippen LogP contribution < -0.4 is 0 Å². The highest BCUT2D eigenvalue weighted by molar-refractivity contribution is 5.73. The van der Waals surface area contributed by atoms with Gasteiger partial charge >= 0.3 is 5.97 Å². The highest BCUT2D eigenvalue weighted by Crippen LogP contribution is 2.25. The fourth-order valence-corrected chi connectivity index (χ4v) is 2.10. The van der Waals surface area contributed by atoms with Gasteiger partial charge in [-0.2, -0.15) is 0 Å². The molecule has 1 heterocycles. The molecule has 9 atom stereocenters. The number of carbonyl (C=O) groups is 2. The normalized spacial score (nSPS) is 35.7. The minimum atomic E-state index is -2.06. The smallest absolute Gasteiger partial charge is 0.335 e. The summed E-state index contributed by atoms with van der Waals surface area (Å²) in [6, 6.07) is 0. The van der Waals surface area contributed by atoms with Crippen LogP contribution in [0.1, 0.15) is 0 Å². The lowest BCUT2D eigenvalue weighted by Gasteiger charge is -2.41. The van der Waals surface area contributed by atoms with Gasteiger partial charge in [-0.3, -0.25) is 0 Å². The third kappa shape index (κ3) is 4.44. The van der Waals surface area contributed by atoms with Gasteiger partial charge in [-0.05, 0) is 0 Å². The van der Waals surface area contributed by atoms with Crippen molar-refractivity contribution in [2.24, 2.45) is 0 Å². The van der Waals surface area contributed by atoms with Crippen molar-refractivity contribution < 1.29 is 59.9 Å². The first-order chi connectivity index (χ1) is 11.1. The van der Waals surface area contributed by atoms with Crippen molar-refractivity contribution in [1.82, 2.24) is 0 Å². The average molecular weight is 356 g/mol. The zero-order valence-corrected chi connectivity index (χ0v) is 12.2. The maximum atomic E-state index is 11.0. The number of hydrogen-bond donors (Lipinski definition) is 8. The van der Waals surface area contributed by atoms with E-state index in [1.54, 1.807) is 0 Å². The highest BCUT2D eigenvalue weighted by Gasteiger charge is 2.49. The number of carboxylic acid groups (broad SMARTS) is 1. The molecule has 140 valence electrons. The summed E-state index contributed by atoms with van der Waals surface area (Å²) in [5.41, 5.74) is 0. The standard InChI is InChI=1S/C12H20O12/c13-1-3(15)5(17)9(4(16)2-14)23-12-8(20)6(18)7(19)10(24-12)11(21)22/h1,3-10,12,14-20H,2H2,(H,21,22)/t3-,4+,5+,6-,7-,8+,9-,10-,12-/m0/s1. The van der Waals surface area contributed by atoms with Crippen LogP contribution in [0.3, 0.4) is 0 Å². The number of carbonyl (C=O) groups excluding carboxylic acids is 1. The Bertz CT molecular complexity index is 430. The summed E-state index contributed by atoms with van der Waals surface area (Å²) in [6.07, 6.45) is -17.8. The van der Waals surface area contributed by atoms with Crippen molar-refractivity contribution in [1.29, 1.82) is 0 Å². The minimum absolute atomic E-state index is 0.0814. The van der Waals surface area contributed by atoms with Crippen LogP contribution in [0.2, 0.25) is 0 Å². The Morgan fingerprint density at radius 3 is 2.17 bits per heavy atom. The van der Waals surface area contributed by atoms with Gasteiger partial charge in [0.15, 0.2) is 18.7 Å². The van der Waals surface area contributed by atoms with Gasteiger partial charge in [0.05, 0.1) is 6.61 Å². The molecule has 0 radical (unpaired) electrons. The van der Waals surface area contributed by atoms with E-state index in [-0.39, 0.29) is 6.29 Å². The third-order valence-electron chi connectivity index (χ3n) is 3.50. The molecule has 12 nitrogen and oxygen atoms in total. The van der Waals surface area contributed by atoms with E-state index in [1.165, 1.54) is 0 Å². The second kappa shape index (κ2) is 8.75. The molecule has 0 spiro atoms. The molecule has 0 saturated carbocycles. The topological polar surface area (TPSA) is 214 Å². The van der Waals surface area contributed by atoms with E-state index in [4.69, 9.17) is 19.7 Å². The van der Waals surface area contributed by atoms with Crippen LogP contribution in [0.15, 0.2) is 0 Å². The molecule has 1 fully saturated rings. The number of aldehydes is 1. The third-order valence-corrected chi connectivity index (χ3v) is 3.50. The molecule has 1 aliphatic heterocycles. The molecule has 0 amide bonds. The van der Waals surface area contributed by atoms with Crippen LogP contribution in [-0.2, 0) is 19.1 Å². The van der Waals surface area contributed by atoms with Gasteiger partial charge in [-0.15, -0.1) is 0 Å². The molecule has 0 bridgehead atoms. The monoisotopic (exact) mass is 356 g/mol. The highest BCUT2D eigenvalue weighted by atomic mass is 16.7. The Kier molecular flexibility index (Phi) is 7.59. The van der Waals surface area contributed by atoms with Gasteiger partial charge in [-0.25, -0.2) is 4.79 Å². The second-order valence-corrected chi connectivity index (χ2v) is 5.20. The maximum Gasteiger partial charge on any atom is 0.335 e. The number of ether oxygens (including phenoxy) is 2. The second-order valence-electron chi connectivity index (χ2n) is 5.20. The van der Waals surface area contributed by atoms with E-state index in [1.807, 2.05) is 0 Å². The molecule has 0 unspecified atom stereocenters. The van der Waals surface area contributed by atoms with Crippen LogP contribution in [0, 0.1) is 0 Å². The zero-order chi connectivity index (χ0) is 18.6. The number of aliphatic hydroxyl groups excluding tert-OH is 7. The van der Waals surface area contributed by atoms with Crippen molar-refractivity contribution in [3.63, 3.8) is 0 Å². The molecule has 0 aromatic rings. The molecule has 0 aromatic carbocycles. The van der Waals surface area contributed by atoms with Crippen LogP contribution in [0.25, 0.3) is 0 Å². The number of aliphatic hydroxyl groups is 7. The average Bonchev–Trinajstić information content (AvgIpc) is 2.56. The van der Waals surface area contributed by atoms with E-state index >= 15 is 0 Å². The molecular formula is C12H20O12. The van der Waals surface area contributed by atoms with Gasteiger partial charge in [-0.1, -0.05) is 0 Å². The van der Waals surface area contributed by atoms with Crippen molar-refractivity contribution in [2.45, 2.75) is 55.1 Å². The quantitative estimate of drug-likeness (QED) is 0.191. The SMILES string of the molecule is O=C[C@H](O)[C@@H](O)[C@@H](O[C@H]1O[C@H](C(=O)O)[C@@H](O)[C@H](O)[C@H]1O)[C@H](O)CO. The molecule has 0 aromatic heterocycles. The minimum Gasteiger partial charge on any atom is -0.479 e. The lowest BCUT2D eigenvalue weighted by atomic mass is 9.98. The summed E-state index contributed by atoms with van der Waals surface area (Å²) < 4.78 is 9.73. The van der Waals surface area contributed by atoms with E-state index in [9.17, 15) is 40.2 Å². The van der Waals surface area contributed by atoms with Gasteiger partial charge in [0, 0.05) is 0 Å². The number of hydrogen-bond acceptors (Lipinski definition) is 11. The molecular weight excluding hydrogens is 336 g/mol. The van der Waals surface area contributed by atoms with Crippen molar-refractivity contribution in [3.8, 4) is 0 Å². The van der Waals surface area contributed by atoms with E-state index in [0.717, 1.165) is 0 Å². The molecule has 1 rings (SSSR count). The Morgan fingerprint density at radius 1 is 1.12 bits per heavy atom. The molecule has 1 saturated heterocycles. The van der Waals surface area contributed by atoms with E-state index in [2.05, 4.69) is 0 Å². The van der Waals surface area contributed by atoms with Crippen LogP contribution in [0.5, 0.6) is 0 Å². The Balaban J connectivity index is 2.98. The van der Waals surface area contributed by atoms with Crippen molar-refractivity contribution in [3.05, 3.63) is 0 Å². The Hall–Kier alpha value is -1.22. The fraction of sp³-hybridized carbons (Fsp3) is 0.833. The Morgan fingerprint density at radius 2 is 1.71 bits per heavy atom. The molecule has 0 aliphatic carbocycles. The predicted molar refractivity (Wildman–Crippen MR) is 70.4 cm³/mol. The first-order valence-corrected chi connectivity index (χ1v) is 6.84. The Labute approximate surface area is 135 Å². The van der Waals surface area contributed by atoms with Crippen LogP contribution in [0.4, 0.5) is 0 Å². The molecule has 1 aliphatic rings. The largest absolute Gasteiger partial charge is 0.479 e. The van der Waals surface area contributed by atoms with Crippen molar-refractivity contribution in [2.75, 3.05) is 6.61 Å². The molecule has 24 heavy (non-hydrogen) atoms. The number of aliphatic carboxylic acids is 1.